The van der Waals surface area contributed by atoms with Gasteiger partial charge in [-0.15, -0.1) is 0 Å². The number of carbonyl (C=O) groups is 1. The highest BCUT2D eigenvalue weighted by atomic mass is 16.8. The molecule has 5 rings (SSSR count). The third kappa shape index (κ3) is 3.92. The van der Waals surface area contributed by atoms with E-state index in [0.717, 1.165) is 0 Å². The van der Waals surface area contributed by atoms with Crippen LogP contribution in [-0.2, 0) is 23.7 Å². The van der Waals surface area contributed by atoms with Crippen LogP contribution in [0.1, 0.15) is 10.4 Å². The number of benzene rings is 1. The molecule has 0 spiro atoms. The van der Waals surface area contributed by atoms with Gasteiger partial charge in [0.1, 0.15) is 42.2 Å². The zero-order chi connectivity index (χ0) is 25.8. The Morgan fingerprint density at radius 3 is 2.58 bits per heavy atom. The predicted octanol–water partition coefficient (Wildman–Crippen LogP) is -2.01. The lowest BCUT2D eigenvalue weighted by Crippen LogP contribution is -2.60. The van der Waals surface area contributed by atoms with Crippen LogP contribution in [0.3, 0.4) is 0 Å². The molecule has 0 amide bonds. The Morgan fingerprint density at radius 2 is 1.89 bits per heavy atom. The fraction of sp³-hybridized carbons (Fsp3) is 0.609. The molecule has 4 aliphatic rings. The average Bonchev–Trinajstić information content (AvgIpc) is 3.56. The Kier molecular flexibility index (Phi) is 6.59. The molecule has 1 aromatic rings. The number of hydrogen-bond acceptors (Lipinski definition) is 13. The van der Waals surface area contributed by atoms with Crippen molar-refractivity contribution in [3.63, 3.8) is 0 Å². The van der Waals surface area contributed by atoms with E-state index in [-0.39, 0.29) is 17.1 Å². The van der Waals surface area contributed by atoms with Gasteiger partial charge in [0, 0.05) is 5.92 Å². The second-order valence-electron chi connectivity index (χ2n) is 9.18. The van der Waals surface area contributed by atoms with E-state index < -0.39 is 85.8 Å². The number of phenols is 1. The summed E-state index contributed by atoms with van der Waals surface area (Å²) in [7, 11) is 1.35. The van der Waals surface area contributed by atoms with Crippen LogP contribution in [0.25, 0.3) is 0 Å². The van der Waals surface area contributed by atoms with Crippen LogP contribution < -0.4 is 4.74 Å². The molecule has 1 saturated carbocycles. The first-order valence-corrected chi connectivity index (χ1v) is 11.4. The summed E-state index contributed by atoms with van der Waals surface area (Å²) < 4.78 is 33.4. The second-order valence-corrected chi connectivity index (χ2v) is 9.18. The minimum absolute atomic E-state index is 0.0973. The molecule has 1 aliphatic carbocycles. The number of ether oxygens (including phenoxy) is 6. The van der Waals surface area contributed by atoms with E-state index in [9.17, 15) is 35.4 Å². The van der Waals surface area contributed by atoms with Crippen molar-refractivity contribution in [3.05, 3.63) is 36.1 Å². The quantitative estimate of drug-likeness (QED) is 0.173. The molecule has 13 heteroatoms. The van der Waals surface area contributed by atoms with E-state index in [0.29, 0.717) is 0 Å². The lowest BCUT2D eigenvalue weighted by atomic mass is 9.85. The van der Waals surface area contributed by atoms with Crippen molar-refractivity contribution in [1.29, 1.82) is 0 Å². The standard InChI is InChI=1S/C23H28O13/c1-31-12-6-9(2-3-11(12)26)20(30)34-18-10-4-5-32-21(14(10)23(8-25)19(18)36-23)35-22-17(29)16(28)15(27)13(7-24)33-22/h2-6,10,13-19,21-22,24-29H,7-8H2,1H3/t10-,13-,14-,15-,16+,17-,18-,19-,21-,22+,23+/m1/s1. The fourth-order valence-electron chi connectivity index (χ4n) is 5.28. The van der Waals surface area contributed by atoms with Crippen molar-refractivity contribution in [1.82, 2.24) is 0 Å². The summed E-state index contributed by atoms with van der Waals surface area (Å²) in [5.41, 5.74) is -1.03. The lowest BCUT2D eigenvalue weighted by Gasteiger charge is -2.43. The Morgan fingerprint density at radius 1 is 1.11 bits per heavy atom. The minimum Gasteiger partial charge on any atom is -0.504 e. The molecule has 11 atom stereocenters. The van der Waals surface area contributed by atoms with Gasteiger partial charge in [-0.3, -0.25) is 0 Å². The molecule has 3 aliphatic heterocycles. The van der Waals surface area contributed by atoms with E-state index in [1.54, 1.807) is 6.08 Å². The van der Waals surface area contributed by atoms with Gasteiger partial charge in [-0.25, -0.2) is 4.79 Å². The number of aromatic hydroxyl groups is 1. The summed E-state index contributed by atoms with van der Waals surface area (Å²) >= 11 is 0. The van der Waals surface area contributed by atoms with Gasteiger partial charge in [-0.2, -0.15) is 0 Å². The van der Waals surface area contributed by atoms with Crippen LogP contribution in [0, 0.1) is 11.8 Å². The van der Waals surface area contributed by atoms with Crippen molar-refractivity contribution < 1.29 is 63.9 Å². The van der Waals surface area contributed by atoms with Crippen LogP contribution in [0.2, 0.25) is 0 Å². The number of aliphatic hydroxyl groups excluding tert-OH is 5. The Hall–Kier alpha value is -2.49. The van der Waals surface area contributed by atoms with Crippen LogP contribution >= 0.6 is 0 Å². The number of fused-ring (bicyclic) bond motifs is 3. The molecule has 198 valence electrons. The fourth-order valence-corrected chi connectivity index (χ4v) is 5.28. The molecule has 3 heterocycles. The number of hydrogen-bond donors (Lipinski definition) is 6. The topological polar surface area (TPSA) is 197 Å². The number of carbonyl (C=O) groups excluding carboxylic acids is 1. The van der Waals surface area contributed by atoms with E-state index in [2.05, 4.69) is 0 Å². The maximum atomic E-state index is 12.9. The number of rotatable bonds is 7. The number of esters is 1. The Labute approximate surface area is 205 Å². The molecule has 2 saturated heterocycles. The minimum atomic E-state index is -1.66. The Bertz CT molecular complexity index is 1010. The number of aliphatic hydroxyl groups is 5. The monoisotopic (exact) mass is 512 g/mol. The SMILES string of the molecule is COc1cc(C(=O)O[C@@H]2[C@@H]3C=CO[C@H](O[C@@H]4O[C@H](CO)[C@@H](O)[C@H](O)[C@H]4O)[C@@H]3[C@]3(CO)O[C@H]23)ccc1O. The van der Waals surface area contributed by atoms with E-state index in [1.807, 2.05) is 0 Å². The molecule has 0 bridgehead atoms. The molecule has 6 N–H and O–H groups in total. The molecule has 0 unspecified atom stereocenters. The number of methoxy groups -OCH3 is 1. The molecule has 36 heavy (non-hydrogen) atoms. The first-order chi connectivity index (χ1) is 17.2. The summed E-state index contributed by atoms with van der Waals surface area (Å²) in [5, 5.41) is 59.8. The first-order valence-electron chi connectivity index (χ1n) is 11.4. The van der Waals surface area contributed by atoms with Crippen LogP contribution in [0.4, 0.5) is 0 Å². The summed E-state index contributed by atoms with van der Waals surface area (Å²) in [6, 6.07) is 4.02. The van der Waals surface area contributed by atoms with Gasteiger partial charge in [0.2, 0.25) is 6.29 Å². The third-order valence-electron chi connectivity index (χ3n) is 7.26. The van der Waals surface area contributed by atoms with Gasteiger partial charge in [0.15, 0.2) is 17.8 Å². The molecule has 0 radical (unpaired) electrons. The average molecular weight is 512 g/mol. The smallest absolute Gasteiger partial charge is 0.338 e. The predicted molar refractivity (Wildman–Crippen MR) is 114 cm³/mol. The van der Waals surface area contributed by atoms with Crippen molar-refractivity contribution in [2.75, 3.05) is 20.3 Å². The molecule has 1 aromatic carbocycles. The van der Waals surface area contributed by atoms with Crippen molar-refractivity contribution >= 4 is 5.97 Å². The van der Waals surface area contributed by atoms with Gasteiger partial charge in [-0.05, 0) is 24.3 Å². The third-order valence-corrected chi connectivity index (χ3v) is 7.26. The molecular weight excluding hydrogens is 484 g/mol. The normalized spacial score (nSPS) is 42.7. The molecule has 13 nitrogen and oxygen atoms in total. The van der Waals surface area contributed by atoms with Gasteiger partial charge in [-0.1, -0.05) is 0 Å². The van der Waals surface area contributed by atoms with Gasteiger partial charge in [0.25, 0.3) is 0 Å². The maximum absolute atomic E-state index is 12.9. The van der Waals surface area contributed by atoms with Gasteiger partial charge < -0.3 is 59.1 Å². The van der Waals surface area contributed by atoms with Crippen LogP contribution in [0.5, 0.6) is 11.5 Å². The highest BCUT2D eigenvalue weighted by molar-refractivity contribution is 5.90. The number of phenolic OH excluding ortho intramolecular Hbond substituents is 1. The van der Waals surface area contributed by atoms with Crippen molar-refractivity contribution in [2.24, 2.45) is 11.8 Å². The van der Waals surface area contributed by atoms with E-state index in [4.69, 9.17) is 28.4 Å². The highest BCUT2D eigenvalue weighted by Crippen LogP contribution is 2.60. The van der Waals surface area contributed by atoms with Gasteiger partial charge in [0.05, 0.1) is 38.1 Å². The van der Waals surface area contributed by atoms with Crippen molar-refractivity contribution in [2.45, 2.75) is 54.8 Å². The van der Waals surface area contributed by atoms with Crippen LogP contribution in [-0.4, -0.2) is 112 Å². The van der Waals surface area contributed by atoms with E-state index >= 15 is 0 Å². The van der Waals surface area contributed by atoms with Gasteiger partial charge >= 0.3 is 5.97 Å². The Balaban J connectivity index is 1.35. The zero-order valence-electron chi connectivity index (χ0n) is 19.1. The summed E-state index contributed by atoms with van der Waals surface area (Å²) in [5.74, 6) is -1.95. The summed E-state index contributed by atoms with van der Waals surface area (Å²) in [6.45, 7) is -1.07. The molecular formula is C23H28O13. The summed E-state index contributed by atoms with van der Waals surface area (Å²) in [6.07, 6.45) is -7.19. The lowest BCUT2D eigenvalue weighted by molar-refractivity contribution is -0.344. The molecule has 0 aromatic heterocycles. The largest absolute Gasteiger partial charge is 0.504 e. The first kappa shape index (κ1) is 25.2. The maximum Gasteiger partial charge on any atom is 0.338 e. The highest BCUT2D eigenvalue weighted by Gasteiger charge is 2.77. The zero-order valence-corrected chi connectivity index (χ0v) is 19.1. The number of epoxide rings is 1. The second kappa shape index (κ2) is 9.43. The summed E-state index contributed by atoms with van der Waals surface area (Å²) in [4.78, 5) is 12.9. The van der Waals surface area contributed by atoms with Crippen LogP contribution in [0.15, 0.2) is 30.5 Å². The molecule has 3 fully saturated rings. The van der Waals surface area contributed by atoms with Crippen molar-refractivity contribution in [3.8, 4) is 11.5 Å². The van der Waals surface area contributed by atoms with E-state index in [1.165, 1.54) is 31.6 Å².